The lowest BCUT2D eigenvalue weighted by Crippen LogP contribution is -2.21. The van der Waals surface area contributed by atoms with Crippen LogP contribution in [-0.2, 0) is 6.54 Å². The van der Waals surface area contributed by atoms with Crippen LogP contribution < -0.4 is 20.3 Å². The van der Waals surface area contributed by atoms with Crippen LogP contribution >= 0.6 is 0 Å². The quantitative estimate of drug-likeness (QED) is 0.754. The molecule has 1 fully saturated rings. The molecule has 0 aromatic heterocycles. The Kier molecular flexibility index (Phi) is 5.37. The summed E-state index contributed by atoms with van der Waals surface area (Å²) < 4.78 is 11.6. The van der Waals surface area contributed by atoms with E-state index in [1.54, 1.807) is 7.11 Å². The molecule has 1 saturated carbocycles. The highest BCUT2D eigenvalue weighted by Crippen LogP contribution is 2.32. The van der Waals surface area contributed by atoms with Gasteiger partial charge < -0.3 is 14.9 Å². The summed E-state index contributed by atoms with van der Waals surface area (Å²) in [5, 5.41) is 0. The molecule has 0 radical (unpaired) electrons. The minimum absolute atomic E-state index is 0.328. The second-order valence-electron chi connectivity index (χ2n) is 5.85. The lowest BCUT2D eigenvalue weighted by atomic mass is 10.2. The molecule has 0 aliphatic heterocycles. The van der Waals surface area contributed by atoms with Gasteiger partial charge in [-0.05, 0) is 55.5 Å². The summed E-state index contributed by atoms with van der Waals surface area (Å²) in [6.45, 7) is 0.708. The van der Waals surface area contributed by atoms with Crippen LogP contribution in [0, 0.1) is 0 Å². The first-order valence-electron chi connectivity index (χ1n) is 8.22. The average Bonchev–Trinajstić information content (AvgIpc) is 3.09. The van der Waals surface area contributed by atoms with Crippen molar-refractivity contribution in [1.29, 1.82) is 0 Å². The van der Waals surface area contributed by atoms with Gasteiger partial charge in [0.15, 0.2) is 11.5 Å². The molecule has 3 rings (SSSR count). The van der Waals surface area contributed by atoms with Crippen LogP contribution in [0.2, 0.25) is 0 Å². The predicted octanol–water partition coefficient (Wildman–Crippen LogP) is 4.13. The first-order chi connectivity index (χ1) is 11.3. The molecule has 2 aromatic rings. The van der Waals surface area contributed by atoms with Crippen LogP contribution in [-0.4, -0.2) is 13.2 Å². The number of methoxy groups -OCH3 is 1. The van der Waals surface area contributed by atoms with Gasteiger partial charge in [-0.15, -0.1) is 0 Å². The van der Waals surface area contributed by atoms with Crippen molar-refractivity contribution in [3.8, 4) is 11.5 Å². The Morgan fingerprint density at radius 2 is 1.78 bits per heavy atom. The monoisotopic (exact) mass is 312 g/mol. The summed E-state index contributed by atoms with van der Waals surface area (Å²) in [5.74, 6) is 1.65. The number of benzene rings is 2. The van der Waals surface area contributed by atoms with Gasteiger partial charge in [-0.3, -0.25) is 0 Å². The van der Waals surface area contributed by atoms with E-state index in [9.17, 15) is 0 Å². The molecule has 23 heavy (non-hydrogen) atoms. The van der Waals surface area contributed by atoms with E-state index in [4.69, 9.17) is 9.47 Å². The van der Waals surface area contributed by atoms with Crippen molar-refractivity contribution < 1.29 is 9.47 Å². The summed E-state index contributed by atoms with van der Waals surface area (Å²) in [5.41, 5.74) is 8.62. The third-order valence-electron chi connectivity index (χ3n) is 4.12. The van der Waals surface area contributed by atoms with E-state index in [1.165, 1.54) is 12.8 Å². The van der Waals surface area contributed by atoms with Crippen molar-refractivity contribution >= 4 is 5.69 Å². The molecule has 2 aromatic carbocycles. The zero-order valence-corrected chi connectivity index (χ0v) is 13.5. The molecule has 0 saturated heterocycles. The minimum atomic E-state index is 0.328. The normalized spacial score (nSPS) is 14.7. The van der Waals surface area contributed by atoms with Gasteiger partial charge in [-0.1, -0.05) is 24.3 Å². The smallest absolute Gasteiger partial charge is 0.161 e. The van der Waals surface area contributed by atoms with E-state index in [-0.39, 0.29) is 0 Å². The van der Waals surface area contributed by atoms with Crippen LogP contribution in [0.25, 0.3) is 0 Å². The molecule has 0 spiro atoms. The van der Waals surface area contributed by atoms with Crippen molar-refractivity contribution in [3.05, 3.63) is 54.1 Å². The summed E-state index contributed by atoms with van der Waals surface area (Å²) >= 11 is 0. The fourth-order valence-corrected chi connectivity index (χ4v) is 2.88. The Morgan fingerprint density at radius 1 is 1.00 bits per heavy atom. The molecular formula is C19H24N2O2. The van der Waals surface area contributed by atoms with E-state index in [2.05, 4.69) is 23.0 Å². The van der Waals surface area contributed by atoms with E-state index in [0.29, 0.717) is 12.6 Å². The predicted molar refractivity (Wildman–Crippen MR) is 92.8 cm³/mol. The molecule has 0 unspecified atom stereocenters. The molecule has 1 aliphatic carbocycles. The highest BCUT2D eigenvalue weighted by Gasteiger charge is 2.18. The van der Waals surface area contributed by atoms with Crippen LogP contribution in [0.3, 0.4) is 0 Å². The highest BCUT2D eigenvalue weighted by atomic mass is 16.5. The summed E-state index contributed by atoms with van der Waals surface area (Å²) in [7, 11) is 1.69. The molecule has 0 atom stereocenters. The van der Waals surface area contributed by atoms with Gasteiger partial charge in [0.2, 0.25) is 0 Å². The van der Waals surface area contributed by atoms with Crippen LogP contribution in [0.15, 0.2) is 48.5 Å². The van der Waals surface area contributed by atoms with Crippen LogP contribution in [0.4, 0.5) is 5.69 Å². The Labute approximate surface area is 137 Å². The van der Waals surface area contributed by atoms with Crippen molar-refractivity contribution in [2.24, 2.45) is 0 Å². The zero-order valence-electron chi connectivity index (χ0n) is 13.5. The van der Waals surface area contributed by atoms with E-state index >= 15 is 0 Å². The maximum atomic E-state index is 6.13. The average molecular weight is 312 g/mol. The number of hydrazine groups is 1. The van der Waals surface area contributed by atoms with Crippen molar-refractivity contribution in [3.63, 3.8) is 0 Å². The van der Waals surface area contributed by atoms with Gasteiger partial charge in [-0.25, -0.2) is 5.43 Å². The maximum absolute atomic E-state index is 6.13. The number of para-hydroxylation sites is 1. The number of nitrogens with one attached hydrogen (secondary N) is 2. The van der Waals surface area contributed by atoms with E-state index in [1.807, 2.05) is 36.4 Å². The van der Waals surface area contributed by atoms with Gasteiger partial charge >= 0.3 is 0 Å². The number of hydrogen-bond donors (Lipinski definition) is 2. The minimum Gasteiger partial charge on any atom is -0.493 e. The van der Waals surface area contributed by atoms with Gasteiger partial charge in [-0.2, -0.15) is 0 Å². The van der Waals surface area contributed by atoms with Gasteiger partial charge in [0, 0.05) is 12.2 Å². The Bertz CT molecular complexity index is 610. The molecule has 0 amide bonds. The standard InChI is InChI=1S/C19H24N2O2/c1-22-18-12-11-15(13-19(18)23-17-9-5-6-10-17)14-20-21-16-7-3-2-4-8-16/h2-4,7-8,11-13,17,20-21H,5-6,9-10,14H2,1H3. The summed E-state index contributed by atoms with van der Waals surface area (Å²) in [6.07, 6.45) is 5.13. The number of anilines is 1. The van der Waals surface area contributed by atoms with Gasteiger partial charge in [0.05, 0.1) is 13.2 Å². The lowest BCUT2D eigenvalue weighted by molar-refractivity contribution is 0.200. The molecule has 0 heterocycles. The molecular weight excluding hydrogens is 288 g/mol. The molecule has 4 nitrogen and oxygen atoms in total. The maximum Gasteiger partial charge on any atom is 0.161 e. The van der Waals surface area contributed by atoms with Gasteiger partial charge in [0.25, 0.3) is 0 Å². The Hall–Kier alpha value is -2.20. The first kappa shape index (κ1) is 15.7. The largest absolute Gasteiger partial charge is 0.493 e. The second-order valence-corrected chi connectivity index (χ2v) is 5.85. The molecule has 122 valence electrons. The second kappa shape index (κ2) is 7.88. The van der Waals surface area contributed by atoms with E-state index in [0.717, 1.165) is 35.6 Å². The van der Waals surface area contributed by atoms with Gasteiger partial charge in [0.1, 0.15) is 0 Å². The summed E-state index contributed by atoms with van der Waals surface area (Å²) in [6, 6.07) is 16.2. The summed E-state index contributed by atoms with van der Waals surface area (Å²) in [4.78, 5) is 0. The highest BCUT2D eigenvalue weighted by molar-refractivity contribution is 5.44. The third kappa shape index (κ3) is 4.39. The number of hydrogen-bond acceptors (Lipinski definition) is 4. The zero-order chi connectivity index (χ0) is 15.9. The van der Waals surface area contributed by atoms with Crippen LogP contribution in [0.1, 0.15) is 31.2 Å². The fourth-order valence-electron chi connectivity index (χ4n) is 2.88. The number of rotatable bonds is 7. The van der Waals surface area contributed by atoms with Crippen molar-refractivity contribution in [1.82, 2.24) is 5.43 Å². The van der Waals surface area contributed by atoms with Crippen molar-refractivity contribution in [2.75, 3.05) is 12.5 Å². The molecule has 4 heteroatoms. The Morgan fingerprint density at radius 3 is 2.52 bits per heavy atom. The van der Waals surface area contributed by atoms with E-state index < -0.39 is 0 Å². The fraction of sp³-hybridized carbons (Fsp3) is 0.368. The Balaban J connectivity index is 1.60. The van der Waals surface area contributed by atoms with Crippen LogP contribution in [0.5, 0.6) is 11.5 Å². The number of ether oxygens (including phenoxy) is 2. The topological polar surface area (TPSA) is 42.5 Å². The van der Waals surface area contributed by atoms with Crippen molar-refractivity contribution in [2.45, 2.75) is 38.3 Å². The lowest BCUT2D eigenvalue weighted by Gasteiger charge is -2.17. The SMILES string of the molecule is COc1ccc(CNNc2ccccc2)cc1OC1CCCC1. The third-order valence-corrected chi connectivity index (χ3v) is 4.12. The molecule has 2 N–H and O–H groups in total. The first-order valence-corrected chi connectivity index (χ1v) is 8.22. The molecule has 0 bridgehead atoms. The molecule has 1 aliphatic rings.